The number of nitrogens with zero attached hydrogens (tertiary/aromatic N) is 2. The number of halogens is 2. The third-order valence-electron chi connectivity index (χ3n) is 2.87. The van der Waals surface area contributed by atoms with E-state index in [-0.39, 0.29) is 35.3 Å². The molecule has 0 aliphatic heterocycles. The van der Waals surface area contributed by atoms with Gasteiger partial charge in [-0.15, -0.1) is 5.10 Å². The van der Waals surface area contributed by atoms with Crippen molar-refractivity contribution in [2.24, 2.45) is 0 Å². The van der Waals surface area contributed by atoms with Crippen molar-refractivity contribution in [1.82, 2.24) is 15.5 Å². The standard InChI is InChI=1S/C13H13ClFN3O4S/c1-2-11(19)16-6-12-17-18-13(22-12)23(20,21)7-8-9(14)4-3-5-10(8)15/h3-5H,2,6-7H2,1H3,(H,16,19). The summed E-state index contributed by atoms with van der Waals surface area (Å²) in [5, 5.41) is 8.77. The lowest BCUT2D eigenvalue weighted by Gasteiger charge is -2.04. The van der Waals surface area contributed by atoms with E-state index in [0.717, 1.165) is 6.07 Å². The monoisotopic (exact) mass is 361 g/mol. The quantitative estimate of drug-likeness (QED) is 0.842. The Balaban J connectivity index is 2.17. The number of aromatic nitrogens is 2. The Kier molecular flexibility index (Phi) is 5.32. The van der Waals surface area contributed by atoms with Gasteiger partial charge in [0.1, 0.15) is 5.82 Å². The van der Waals surface area contributed by atoms with Gasteiger partial charge in [0.2, 0.25) is 21.6 Å². The van der Waals surface area contributed by atoms with E-state index < -0.39 is 26.6 Å². The molecule has 0 unspecified atom stereocenters. The van der Waals surface area contributed by atoms with Gasteiger partial charge in [-0.1, -0.05) is 29.7 Å². The van der Waals surface area contributed by atoms with Crippen LogP contribution in [0, 0.1) is 5.82 Å². The van der Waals surface area contributed by atoms with Crippen molar-refractivity contribution in [2.75, 3.05) is 0 Å². The maximum absolute atomic E-state index is 13.7. The molecule has 0 aliphatic rings. The zero-order valence-corrected chi connectivity index (χ0v) is 13.6. The van der Waals surface area contributed by atoms with Crippen molar-refractivity contribution in [3.05, 3.63) is 40.5 Å². The molecule has 0 radical (unpaired) electrons. The third-order valence-corrected chi connectivity index (χ3v) is 4.59. The van der Waals surface area contributed by atoms with Gasteiger partial charge in [-0.25, -0.2) is 12.8 Å². The highest BCUT2D eigenvalue weighted by Crippen LogP contribution is 2.24. The Hall–Kier alpha value is -2.00. The summed E-state index contributed by atoms with van der Waals surface area (Å²) < 4.78 is 43.1. The fourth-order valence-electron chi connectivity index (χ4n) is 1.66. The number of nitrogens with one attached hydrogen (secondary N) is 1. The molecule has 124 valence electrons. The molecule has 1 heterocycles. The number of amides is 1. The molecule has 2 rings (SSSR count). The van der Waals surface area contributed by atoms with Crippen LogP contribution in [0.2, 0.25) is 5.02 Å². The maximum atomic E-state index is 13.7. The van der Waals surface area contributed by atoms with Gasteiger partial charge in [0.15, 0.2) is 0 Å². The van der Waals surface area contributed by atoms with Gasteiger partial charge in [0.25, 0.3) is 0 Å². The first kappa shape index (κ1) is 17.4. The molecule has 0 spiro atoms. The highest BCUT2D eigenvalue weighted by Gasteiger charge is 2.25. The highest BCUT2D eigenvalue weighted by atomic mass is 35.5. The third kappa shape index (κ3) is 4.26. The molecule has 2 aromatic rings. The van der Waals surface area contributed by atoms with E-state index >= 15 is 0 Å². The average Bonchev–Trinajstić information content (AvgIpc) is 2.98. The summed E-state index contributed by atoms with van der Waals surface area (Å²) >= 11 is 5.81. The molecule has 1 aromatic carbocycles. The fraction of sp³-hybridized carbons (Fsp3) is 0.308. The minimum Gasteiger partial charge on any atom is -0.411 e. The predicted octanol–water partition coefficient (Wildman–Crippen LogP) is 1.86. The Morgan fingerprint density at radius 2 is 2.13 bits per heavy atom. The van der Waals surface area contributed by atoms with E-state index in [1.807, 2.05) is 0 Å². The fourth-order valence-corrected chi connectivity index (χ4v) is 3.15. The first-order valence-corrected chi connectivity index (χ1v) is 8.61. The summed E-state index contributed by atoms with van der Waals surface area (Å²) in [6.45, 7) is 1.58. The molecule has 0 saturated heterocycles. The summed E-state index contributed by atoms with van der Waals surface area (Å²) in [5.41, 5.74) is -0.173. The van der Waals surface area contributed by atoms with Crippen LogP contribution in [0.1, 0.15) is 24.8 Å². The van der Waals surface area contributed by atoms with Crippen molar-refractivity contribution in [1.29, 1.82) is 0 Å². The van der Waals surface area contributed by atoms with Crippen molar-refractivity contribution in [2.45, 2.75) is 30.9 Å². The summed E-state index contributed by atoms with van der Waals surface area (Å²) in [6.07, 6.45) is 0.269. The van der Waals surface area contributed by atoms with Crippen molar-refractivity contribution < 1.29 is 22.0 Å². The first-order chi connectivity index (χ1) is 10.8. The van der Waals surface area contributed by atoms with E-state index in [1.54, 1.807) is 6.92 Å². The van der Waals surface area contributed by atoms with E-state index in [9.17, 15) is 17.6 Å². The molecule has 0 atom stereocenters. The largest absolute Gasteiger partial charge is 0.411 e. The molecule has 10 heteroatoms. The van der Waals surface area contributed by atoms with E-state index in [4.69, 9.17) is 16.0 Å². The van der Waals surface area contributed by atoms with Crippen molar-refractivity contribution in [3.8, 4) is 0 Å². The lowest BCUT2D eigenvalue weighted by Crippen LogP contribution is -2.21. The van der Waals surface area contributed by atoms with E-state index in [0.29, 0.717) is 0 Å². The molecular formula is C13H13ClFN3O4S. The number of hydrogen-bond donors (Lipinski definition) is 1. The van der Waals surface area contributed by atoms with Crippen molar-refractivity contribution in [3.63, 3.8) is 0 Å². The zero-order chi connectivity index (χ0) is 17.0. The molecule has 7 nitrogen and oxygen atoms in total. The van der Waals surface area contributed by atoms with Crippen LogP contribution in [0.5, 0.6) is 0 Å². The second-order valence-corrected chi connectivity index (χ2v) is 6.83. The first-order valence-electron chi connectivity index (χ1n) is 6.58. The van der Waals surface area contributed by atoms with Crippen LogP contribution >= 0.6 is 11.6 Å². The number of sulfone groups is 1. The predicted molar refractivity (Wildman–Crippen MR) is 78.7 cm³/mol. The molecule has 0 fully saturated rings. The molecule has 0 aliphatic carbocycles. The van der Waals surface area contributed by atoms with Gasteiger partial charge in [-0.05, 0) is 12.1 Å². The van der Waals surface area contributed by atoms with Crippen LogP contribution in [0.15, 0.2) is 27.8 Å². The summed E-state index contributed by atoms with van der Waals surface area (Å²) in [7, 11) is -4.06. The maximum Gasteiger partial charge on any atom is 0.335 e. The van der Waals surface area contributed by atoms with Gasteiger partial charge >= 0.3 is 5.22 Å². The Morgan fingerprint density at radius 3 is 2.78 bits per heavy atom. The second-order valence-electron chi connectivity index (χ2n) is 4.55. The normalized spacial score (nSPS) is 11.4. The topological polar surface area (TPSA) is 102 Å². The van der Waals surface area contributed by atoms with Crippen molar-refractivity contribution >= 4 is 27.3 Å². The minimum atomic E-state index is -4.06. The number of rotatable bonds is 6. The molecule has 0 bridgehead atoms. The van der Waals surface area contributed by atoms with Crippen LogP contribution in [-0.2, 0) is 26.9 Å². The van der Waals surface area contributed by atoms with Gasteiger partial charge in [0, 0.05) is 17.0 Å². The molecule has 23 heavy (non-hydrogen) atoms. The second kappa shape index (κ2) is 7.05. The molecule has 1 aromatic heterocycles. The zero-order valence-electron chi connectivity index (χ0n) is 12.0. The Labute approximate surface area is 136 Å². The SMILES string of the molecule is CCC(=O)NCc1nnc(S(=O)(=O)Cc2c(F)cccc2Cl)o1. The Morgan fingerprint density at radius 1 is 1.39 bits per heavy atom. The number of benzene rings is 1. The van der Waals surface area contributed by atoms with Crippen LogP contribution in [0.3, 0.4) is 0 Å². The lowest BCUT2D eigenvalue weighted by molar-refractivity contribution is -0.121. The van der Waals surface area contributed by atoms with Gasteiger partial charge < -0.3 is 9.73 Å². The van der Waals surface area contributed by atoms with Gasteiger partial charge in [-0.2, -0.15) is 0 Å². The summed E-state index contributed by atoms with van der Waals surface area (Å²) in [6, 6.07) is 3.86. The number of carbonyl (C=O) groups excluding carboxylic acids is 1. The van der Waals surface area contributed by atoms with Crippen LogP contribution in [0.25, 0.3) is 0 Å². The highest BCUT2D eigenvalue weighted by molar-refractivity contribution is 7.90. The van der Waals surface area contributed by atoms with Gasteiger partial charge in [0.05, 0.1) is 12.3 Å². The summed E-state index contributed by atoms with van der Waals surface area (Å²) in [4.78, 5) is 11.1. The summed E-state index contributed by atoms with van der Waals surface area (Å²) in [5.74, 6) is -1.76. The molecule has 1 N–H and O–H groups in total. The van der Waals surface area contributed by atoms with Crippen LogP contribution in [0.4, 0.5) is 4.39 Å². The molecule has 0 saturated carbocycles. The van der Waals surface area contributed by atoms with Crippen LogP contribution in [-0.4, -0.2) is 24.5 Å². The molecule has 1 amide bonds. The van der Waals surface area contributed by atoms with Crippen LogP contribution < -0.4 is 5.32 Å². The Bertz CT molecular complexity index is 802. The van der Waals surface area contributed by atoms with Gasteiger partial charge in [-0.3, -0.25) is 4.79 Å². The number of hydrogen-bond acceptors (Lipinski definition) is 6. The van der Waals surface area contributed by atoms with E-state index in [2.05, 4.69) is 15.5 Å². The lowest BCUT2D eigenvalue weighted by atomic mass is 10.2. The molecular weight excluding hydrogens is 349 g/mol. The smallest absolute Gasteiger partial charge is 0.335 e. The minimum absolute atomic E-state index is 0.0106. The average molecular weight is 362 g/mol. The number of carbonyl (C=O) groups is 1. The van der Waals surface area contributed by atoms with E-state index in [1.165, 1.54) is 12.1 Å².